The van der Waals surface area contributed by atoms with E-state index in [2.05, 4.69) is 10.3 Å². The maximum absolute atomic E-state index is 13.7. The Morgan fingerprint density at radius 3 is 2.38 bits per heavy atom. The van der Waals surface area contributed by atoms with Crippen molar-refractivity contribution in [2.75, 3.05) is 5.32 Å². The number of rotatable bonds is 2. The molecule has 110 valence electrons. The summed E-state index contributed by atoms with van der Waals surface area (Å²) in [6.45, 7) is 0. The molecule has 0 aliphatic heterocycles. The molecule has 1 amide bonds. The van der Waals surface area contributed by atoms with E-state index in [1.54, 1.807) is 0 Å². The molecular weight excluding hydrogens is 295 g/mol. The van der Waals surface area contributed by atoms with E-state index in [0.29, 0.717) is 6.07 Å². The van der Waals surface area contributed by atoms with Gasteiger partial charge in [0.05, 0.1) is 23.0 Å². The van der Waals surface area contributed by atoms with Crippen LogP contribution in [0.5, 0.6) is 0 Å². The molecule has 1 N–H and O–H groups in total. The van der Waals surface area contributed by atoms with Crippen molar-refractivity contribution in [3.05, 3.63) is 59.4 Å². The second-order valence-electron chi connectivity index (χ2n) is 3.99. The summed E-state index contributed by atoms with van der Waals surface area (Å²) in [6.07, 6.45) is -3.95. The van der Waals surface area contributed by atoms with Gasteiger partial charge in [0.1, 0.15) is 5.82 Å². The van der Waals surface area contributed by atoms with E-state index >= 15 is 0 Å². The Morgan fingerprint density at radius 1 is 1.10 bits per heavy atom. The van der Waals surface area contributed by atoms with Crippen molar-refractivity contribution >= 4 is 11.6 Å². The molecule has 3 nitrogen and oxygen atoms in total. The largest absolute Gasteiger partial charge is 0.419 e. The molecular formula is C13H7F5N2O. The van der Waals surface area contributed by atoms with Crippen LogP contribution in [0.4, 0.5) is 27.6 Å². The van der Waals surface area contributed by atoms with Gasteiger partial charge >= 0.3 is 6.18 Å². The Morgan fingerprint density at radius 2 is 1.81 bits per heavy atom. The third kappa shape index (κ3) is 3.33. The van der Waals surface area contributed by atoms with Gasteiger partial charge in [0.2, 0.25) is 5.95 Å². The fourth-order valence-corrected chi connectivity index (χ4v) is 1.57. The molecule has 0 saturated heterocycles. The number of carbonyl (C=O) groups is 1. The van der Waals surface area contributed by atoms with Gasteiger partial charge in [-0.15, -0.1) is 0 Å². The number of halogens is 5. The van der Waals surface area contributed by atoms with Crippen LogP contribution in [0.3, 0.4) is 0 Å². The molecule has 0 fully saturated rings. The summed E-state index contributed by atoms with van der Waals surface area (Å²) in [5, 5.41) is 2.13. The monoisotopic (exact) mass is 302 g/mol. The van der Waals surface area contributed by atoms with Gasteiger partial charge in [-0.2, -0.15) is 17.6 Å². The lowest BCUT2D eigenvalue weighted by Crippen LogP contribution is -2.17. The Labute approximate surface area is 115 Å². The maximum atomic E-state index is 13.7. The third-order valence-corrected chi connectivity index (χ3v) is 2.53. The summed E-state index contributed by atoms with van der Waals surface area (Å²) >= 11 is 0. The average molecular weight is 302 g/mol. The molecule has 0 saturated carbocycles. The number of alkyl halides is 3. The van der Waals surface area contributed by atoms with Crippen molar-refractivity contribution in [2.45, 2.75) is 6.18 Å². The van der Waals surface area contributed by atoms with Crippen molar-refractivity contribution < 1.29 is 26.7 Å². The molecule has 0 spiro atoms. The summed E-state index contributed by atoms with van der Waals surface area (Å²) in [5.74, 6) is -3.55. The van der Waals surface area contributed by atoms with Crippen LogP contribution >= 0.6 is 0 Å². The van der Waals surface area contributed by atoms with Crippen molar-refractivity contribution in [3.63, 3.8) is 0 Å². The van der Waals surface area contributed by atoms with Gasteiger partial charge in [0.25, 0.3) is 5.91 Å². The molecule has 0 atom stereocenters. The average Bonchev–Trinajstić information content (AvgIpc) is 2.40. The van der Waals surface area contributed by atoms with Crippen molar-refractivity contribution in [2.24, 2.45) is 0 Å². The number of benzene rings is 1. The fraction of sp³-hybridized carbons (Fsp3) is 0.0769. The Kier molecular flexibility index (Phi) is 3.88. The second kappa shape index (κ2) is 5.47. The molecule has 1 aromatic heterocycles. The van der Waals surface area contributed by atoms with Crippen molar-refractivity contribution in [1.82, 2.24) is 4.98 Å². The van der Waals surface area contributed by atoms with Gasteiger partial charge in [-0.3, -0.25) is 4.79 Å². The van der Waals surface area contributed by atoms with E-state index < -0.39 is 35.0 Å². The molecule has 1 heterocycles. The number of nitrogens with one attached hydrogen (secondary N) is 1. The number of carbonyl (C=O) groups excluding carboxylic acids is 1. The molecule has 0 unspecified atom stereocenters. The van der Waals surface area contributed by atoms with Gasteiger partial charge in [0, 0.05) is 0 Å². The zero-order chi connectivity index (χ0) is 15.6. The standard InChI is InChI=1S/C13H7F5N2O/c14-10-5-4-7(6-19-10)20-12(21)8-2-1-3-9(11(8)15)13(16,17)18/h1-6H,(H,20,21). The summed E-state index contributed by atoms with van der Waals surface area (Å²) in [6, 6.07) is 4.45. The molecule has 0 radical (unpaired) electrons. The number of nitrogens with zero attached hydrogens (tertiary/aromatic N) is 1. The Balaban J connectivity index is 2.30. The van der Waals surface area contributed by atoms with Crippen molar-refractivity contribution in [3.8, 4) is 0 Å². The maximum Gasteiger partial charge on any atom is 0.419 e. The predicted molar refractivity (Wildman–Crippen MR) is 63.6 cm³/mol. The van der Waals surface area contributed by atoms with E-state index in [-0.39, 0.29) is 5.69 Å². The van der Waals surface area contributed by atoms with Crippen LogP contribution in [0.2, 0.25) is 0 Å². The van der Waals surface area contributed by atoms with Crippen LogP contribution in [0.1, 0.15) is 15.9 Å². The first kappa shape index (κ1) is 14.9. The minimum absolute atomic E-state index is 0.0261. The lowest BCUT2D eigenvalue weighted by Gasteiger charge is -2.11. The first-order valence-electron chi connectivity index (χ1n) is 5.57. The first-order chi connectivity index (χ1) is 9.79. The van der Waals surface area contributed by atoms with Crippen LogP contribution in [-0.2, 0) is 6.18 Å². The number of anilines is 1. The molecule has 2 rings (SSSR count). The summed E-state index contributed by atoms with van der Waals surface area (Å²) < 4.78 is 63.9. The van der Waals surface area contributed by atoms with Crippen LogP contribution in [0.15, 0.2) is 36.5 Å². The molecule has 0 bridgehead atoms. The highest BCUT2D eigenvalue weighted by Crippen LogP contribution is 2.32. The number of aromatic nitrogens is 1. The fourth-order valence-electron chi connectivity index (χ4n) is 1.57. The molecule has 8 heteroatoms. The summed E-state index contributed by atoms with van der Waals surface area (Å²) in [5.41, 5.74) is -2.28. The van der Waals surface area contributed by atoms with Crippen molar-refractivity contribution in [1.29, 1.82) is 0 Å². The lowest BCUT2D eigenvalue weighted by molar-refractivity contribution is -0.140. The number of amides is 1. The van der Waals surface area contributed by atoms with Gasteiger partial charge in [-0.25, -0.2) is 9.37 Å². The zero-order valence-corrected chi connectivity index (χ0v) is 10.2. The van der Waals surface area contributed by atoms with Gasteiger partial charge in [-0.05, 0) is 24.3 Å². The van der Waals surface area contributed by atoms with Crippen LogP contribution < -0.4 is 5.32 Å². The van der Waals surface area contributed by atoms with E-state index in [0.717, 1.165) is 30.5 Å². The molecule has 2 aromatic rings. The number of hydrogen-bond acceptors (Lipinski definition) is 2. The lowest BCUT2D eigenvalue weighted by atomic mass is 10.1. The van der Waals surface area contributed by atoms with Gasteiger partial charge in [0.15, 0.2) is 0 Å². The van der Waals surface area contributed by atoms with Crippen LogP contribution in [-0.4, -0.2) is 10.9 Å². The first-order valence-corrected chi connectivity index (χ1v) is 5.57. The van der Waals surface area contributed by atoms with E-state index in [9.17, 15) is 26.7 Å². The highest BCUT2D eigenvalue weighted by Gasteiger charge is 2.35. The van der Waals surface area contributed by atoms with E-state index in [1.807, 2.05) is 0 Å². The number of pyridine rings is 1. The van der Waals surface area contributed by atoms with E-state index in [4.69, 9.17) is 0 Å². The topological polar surface area (TPSA) is 42.0 Å². The second-order valence-corrected chi connectivity index (χ2v) is 3.99. The number of hydrogen-bond donors (Lipinski definition) is 1. The summed E-state index contributed by atoms with van der Waals surface area (Å²) in [4.78, 5) is 15.0. The molecule has 0 aliphatic rings. The highest BCUT2D eigenvalue weighted by molar-refractivity contribution is 6.04. The molecule has 0 aliphatic carbocycles. The predicted octanol–water partition coefficient (Wildman–Crippen LogP) is 3.63. The normalized spacial score (nSPS) is 11.3. The zero-order valence-electron chi connectivity index (χ0n) is 10.2. The van der Waals surface area contributed by atoms with E-state index in [1.165, 1.54) is 0 Å². The van der Waals surface area contributed by atoms with Crippen LogP contribution in [0, 0.1) is 11.8 Å². The highest BCUT2D eigenvalue weighted by atomic mass is 19.4. The smallest absolute Gasteiger partial charge is 0.320 e. The van der Waals surface area contributed by atoms with Gasteiger partial charge < -0.3 is 5.32 Å². The molecule has 1 aromatic carbocycles. The quantitative estimate of drug-likeness (QED) is 0.680. The summed E-state index contributed by atoms with van der Waals surface area (Å²) in [7, 11) is 0. The van der Waals surface area contributed by atoms with Gasteiger partial charge in [-0.1, -0.05) is 6.07 Å². The Hall–Kier alpha value is -2.51. The minimum Gasteiger partial charge on any atom is -0.320 e. The van der Waals surface area contributed by atoms with Crippen LogP contribution in [0.25, 0.3) is 0 Å². The minimum atomic E-state index is -4.90. The third-order valence-electron chi connectivity index (χ3n) is 2.53. The molecule has 21 heavy (non-hydrogen) atoms. The SMILES string of the molecule is O=C(Nc1ccc(F)nc1)c1cccc(C(F)(F)F)c1F. The Bertz CT molecular complexity index is 667.